The molecule has 39 heavy (non-hydrogen) atoms. The van der Waals surface area contributed by atoms with Crippen molar-refractivity contribution in [3.8, 4) is 17.0 Å². The van der Waals surface area contributed by atoms with Crippen molar-refractivity contribution in [1.29, 1.82) is 0 Å². The second-order valence-corrected chi connectivity index (χ2v) is 9.15. The molecule has 0 radical (unpaired) electrons. The Kier molecular flexibility index (Phi) is 7.01. The van der Waals surface area contributed by atoms with Crippen LogP contribution in [0, 0.1) is 5.82 Å². The van der Waals surface area contributed by atoms with Crippen LogP contribution in [0.25, 0.3) is 22.2 Å². The largest absolute Gasteiger partial charge is 0.478 e. The minimum Gasteiger partial charge on any atom is -0.478 e. The lowest BCUT2D eigenvalue weighted by molar-refractivity contribution is -0.145. The van der Waals surface area contributed by atoms with Gasteiger partial charge in [-0.05, 0) is 30.3 Å². The Balaban J connectivity index is 1.64. The maximum atomic E-state index is 14.7. The van der Waals surface area contributed by atoms with E-state index in [2.05, 4.69) is 5.10 Å². The highest BCUT2D eigenvalue weighted by Gasteiger charge is 2.34. The Hall–Kier alpha value is -4.37. The highest BCUT2D eigenvalue weighted by molar-refractivity contribution is 6.30. The first-order chi connectivity index (χ1) is 18.6. The Morgan fingerprint density at radius 1 is 0.974 bits per heavy atom. The summed E-state index contributed by atoms with van der Waals surface area (Å²) in [7, 11) is 0. The molecule has 1 heterocycles. The van der Waals surface area contributed by atoms with Gasteiger partial charge in [0.05, 0.1) is 17.8 Å². The highest BCUT2D eigenvalue weighted by Crippen LogP contribution is 2.39. The van der Waals surface area contributed by atoms with E-state index in [1.165, 1.54) is 35.0 Å². The minimum atomic E-state index is -4.67. The Bertz CT molecular complexity index is 1670. The fourth-order valence-corrected chi connectivity index (χ4v) is 4.51. The van der Waals surface area contributed by atoms with Crippen LogP contribution in [-0.2, 0) is 17.5 Å². The van der Waals surface area contributed by atoms with Gasteiger partial charge in [-0.1, -0.05) is 72.3 Å². The summed E-state index contributed by atoms with van der Waals surface area (Å²) in [5.41, 5.74) is 0.0409. The molecule has 1 atom stereocenters. The van der Waals surface area contributed by atoms with Crippen LogP contribution >= 0.6 is 11.6 Å². The third kappa shape index (κ3) is 5.44. The molecule has 0 fully saturated rings. The molecule has 0 saturated carbocycles. The van der Waals surface area contributed by atoms with E-state index in [0.717, 1.165) is 12.1 Å². The zero-order valence-electron chi connectivity index (χ0n) is 20.0. The summed E-state index contributed by atoms with van der Waals surface area (Å²) in [4.78, 5) is 11.9. The van der Waals surface area contributed by atoms with Gasteiger partial charge >= 0.3 is 12.1 Å². The van der Waals surface area contributed by atoms with Crippen LogP contribution in [0.15, 0.2) is 91.0 Å². The average molecular weight is 555 g/mol. The van der Waals surface area contributed by atoms with E-state index in [4.69, 9.17) is 16.3 Å². The SMILES string of the molecule is O=C(O)C(Oc1cccc(-c2c3cccc(C(F)(F)F)c3nn2Cc2ccc(Cl)cc2F)c1)c1ccccc1. The van der Waals surface area contributed by atoms with Gasteiger partial charge in [-0.2, -0.15) is 18.3 Å². The predicted molar refractivity (Wildman–Crippen MR) is 138 cm³/mol. The molecule has 5 rings (SSSR count). The van der Waals surface area contributed by atoms with E-state index in [9.17, 15) is 27.5 Å². The molecule has 10 heteroatoms. The van der Waals surface area contributed by atoms with Crippen LogP contribution < -0.4 is 4.74 Å². The summed E-state index contributed by atoms with van der Waals surface area (Å²) >= 11 is 5.86. The first kappa shape index (κ1) is 26.2. The van der Waals surface area contributed by atoms with Gasteiger partial charge < -0.3 is 9.84 Å². The third-order valence-corrected chi connectivity index (χ3v) is 6.33. The minimum absolute atomic E-state index is 0.171. The van der Waals surface area contributed by atoms with Crippen LogP contribution in [0.4, 0.5) is 17.6 Å². The van der Waals surface area contributed by atoms with Crippen molar-refractivity contribution in [3.63, 3.8) is 0 Å². The predicted octanol–water partition coefficient (Wildman–Crippen LogP) is 7.77. The summed E-state index contributed by atoms with van der Waals surface area (Å²) in [5.74, 6) is -1.67. The maximum absolute atomic E-state index is 14.7. The molecule has 0 bridgehead atoms. The van der Waals surface area contributed by atoms with Crippen molar-refractivity contribution in [1.82, 2.24) is 9.78 Å². The van der Waals surface area contributed by atoms with Gasteiger partial charge in [0.15, 0.2) is 0 Å². The van der Waals surface area contributed by atoms with Crippen molar-refractivity contribution >= 4 is 28.5 Å². The number of nitrogens with zero attached hydrogens (tertiary/aromatic N) is 2. The zero-order chi connectivity index (χ0) is 27.7. The number of aliphatic carboxylic acids is 1. The van der Waals surface area contributed by atoms with Crippen molar-refractivity contribution < 1.29 is 32.2 Å². The van der Waals surface area contributed by atoms with Crippen molar-refractivity contribution in [2.75, 3.05) is 0 Å². The summed E-state index contributed by atoms with van der Waals surface area (Å²) in [6.45, 7) is -0.183. The smallest absolute Gasteiger partial charge is 0.418 e. The van der Waals surface area contributed by atoms with E-state index in [-0.39, 0.29) is 39.5 Å². The van der Waals surface area contributed by atoms with Crippen LogP contribution in [0.3, 0.4) is 0 Å². The van der Waals surface area contributed by atoms with E-state index < -0.39 is 29.6 Å². The molecule has 4 aromatic carbocycles. The normalized spacial score (nSPS) is 12.4. The molecular weight excluding hydrogens is 536 g/mol. The van der Waals surface area contributed by atoms with Gasteiger partial charge in [0, 0.05) is 27.1 Å². The molecule has 0 spiro atoms. The number of benzene rings is 4. The maximum Gasteiger partial charge on any atom is 0.418 e. The van der Waals surface area contributed by atoms with Gasteiger partial charge in [-0.15, -0.1) is 0 Å². The molecule has 0 amide bonds. The Morgan fingerprint density at radius 2 is 1.72 bits per heavy atom. The van der Waals surface area contributed by atoms with Crippen LogP contribution in [-0.4, -0.2) is 20.9 Å². The average Bonchev–Trinajstić information content (AvgIpc) is 3.27. The number of carboxylic acid groups (broad SMARTS) is 1. The lowest BCUT2D eigenvalue weighted by Crippen LogP contribution is -2.18. The monoisotopic (exact) mass is 554 g/mol. The van der Waals surface area contributed by atoms with Gasteiger partial charge in [-0.3, -0.25) is 4.68 Å². The van der Waals surface area contributed by atoms with Gasteiger partial charge in [0.1, 0.15) is 17.1 Å². The quantitative estimate of drug-likeness (QED) is 0.209. The van der Waals surface area contributed by atoms with E-state index in [1.807, 2.05) is 0 Å². The van der Waals surface area contributed by atoms with Crippen molar-refractivity contribution in [3.05, 3.63) is 119 Å². The second-order valence-electron chi connectivity index (χ2n) is 8.72. The number of hydrogen-bond acceptors (Lipinski definition) is 3. The van der Waals surface area contributed by atoms with Gasteiger partial charge in [0.2, 0.25) is 6.10 Å². The van der Waals surface area contributed by atoms with Crippen molar-refractivity contribution in [2.45, 2.75) is 18.8 Å². The number of carbonyl (C=O) groups is 1. The van der Waals surface area contributed by atoms with Crippen LogP contribution in [0.5, 0.6) is 5.75 Å². The first-order valence-electron chi connectivity index (χ1n) is 11.7. The third-order valence-electron chi connectivity index (χ3n) is 6.10. The molecule has 0 saturated heterocycles. The van der Waals surface area contributed by atoms with E-state index >= 15 is 0 Å². The standard InChI is InChI=1S/C29H19ClF4N2O3/c30-20-13-12-19(24(31)15-20)16-36-26(22-10-5-11-23(25(22)35-36)29(32,33)34)18-8-4-9-21(14-18)39-27(28(37)38)17-6-2-1-3-7-17/h1-15,27H,16H2,(H,37,38). The molecule has 0 aliphatic heterocycles. The summed E-state index contributed by atoms with van der Waals surface area (Å²) < 4.78 is 63.3. The number of aromatic nitrogens is 2. The fraction of sp³-hybridized carbons (Fsp3) is 0.103. The molecule has 1 N–H and O–H groups in total. The lowest BCUT2D eigenvalue weighted by Gasteiger charge is -2.16. The summed E-state index contributed by atoms with van der Waals surface area (Å²) in [6, 6.07) is 22.4. The molecule has 5 nitrogen and oxygen atoms in total. The van der Waals surface area contributed by atoms with E-state index in [1.54, 1.807) is 48.5 Å². The fourth-order valence-electron chi connectivity index (χ4n) is 4.35. The molecule has 1 unspecified atom stereocenters. The number of fused-ring (bicyclic) bond motifs is 1. The molecule has 1 aromatic heterocycles. The Labute approximate surface area is 224 Å². The molecule has 5 aromatic rings. The highest BCUT2D eigenvalue weighted by atomic mass is 35.5. The molecule has 0 aliphatic carbocycles. The second kappa shape index (κ2) is 10.4. The Morgan fingerprint density at radius 3 is 2.41 bits per heavy atom. The van der Waals surface area contributed by atoms with Crippen LogP contribution in [0.1, 0.15) is 22.8 Å². The number of hydrogen-bond donors (Lipinski definition) is 1. The number of carboxylic acids is 1. The summed E-state index contributed by atoms with van der Waals surface area (Å²) in [5, 5.41) is 14.4. The topological polar surface area (TPSA) is 64.3 Å². The molecular formula is C29H19ClF4N2O3. The number of halogens is 5. The molecule has 0 aliphatic rings. The van der Waals surface area contributed by atoms with Crippen LogP contribution in [0.2, 0.25) is 5.02 Å². The zero-order valence-corrected chi connectivity index (χ0v) is 20.7. The lowest BCUT2D eigenvalue weighted by atomic mass is 10.0. The van der Waals surface area contributed by atoms with Gasteiger partial charge in [0.25, 0.3) is 0 Å². The summed E-state index contributed by atoms with van der Waals surface area (Å²) in [6.07, 6.45) is -5.99. The number of rotatable bonds is 7. The number of ether oxygens (including phenoxy) is 1. The molecule has 198 valence electrons. The first-order valence-corrected chi connectivity index (χ1v) is 12.0. The van der Waals surface area contributed by atoms with Gasteiger partial charge in [-0.25, -0.2) is 9.18 Å². The van der Waals surface area contributed by atoms with E-state index in [0.29, 0.717) is 11.1 Å². The number of alkyl halides is 3. The van der Waals surface area contributed by atoms with Crippen molar-refractivity contribution in [2.24, 2.45) is 0 Å².